The molecule has 0 spiro atoms. The van der Waals surface area contributed by atoms with Crippen molar-refractivity contribution in [3.8, 4) is 11.6 Å². The smallest absolute Gasteiger partial charge is 0.272 e. The summed E-state index contributed by atoms with van der Waals surface area (Å²) >= 11 is 0. The number of aryl methyl sites for hydroxylation is 1. The Kier molecular flexibility index (Phi) is 10.1. The third-order valence-electron chi connectivity index (χ3n) is 11.9. The fourth-order valence-electron chi connectivity index (χ4n) is 8.02. The van der Waals surface area contributed by atoms with Gasteiger partial charge in [-0.3, -0.25) is 28.6 Å². The fourth-order valence-corrected chi connectivity index (χ4v) is 9.33. The number of carbonyl (C=O) groups is 4. The van der Waals surface area contributed by atoms with Gasteiger partial charge in [-0.2, -0.15) is 5.10 Å². The first-order valence-corrected chi connectivity index (χ1v) is 21.1. The number of sulfonamides is 1. The van der Waals surface area contributed by atoms with Crippen molar-refractivity contribution in [3.63, 3.8) is 0 Å². The van der Waals surface area contributed by atoms with Gasteiger partial charge in [0.15, 0.2) is 0 Å². The van der Waals surface area contributed by atoms with Crippen molar-refractivity contribution >= 4 is 55.3 Å². The molecule has 2 aliphatic heterocycles. The Morgan fingerprint density at radius 2 is 1.83 bits per heavy atom. The van der Waals surface area contributed by atoms with E-state index in [1.54, 1.807) is 44.4 Å². The van der Waals surface area contributed by atoms with Crippen molar-refractivity contribution in [3.05, 3.63) is 72.3 Å². The van der Waals surface area contributed by atoms with E-state index >= 15 is 0 Å². The molecule has 2 aromatic heterocycles. The number of allylic oxidation sites excluding steroid dienone is 1. The van der Waals surface area contributed by atoms with Crippen molar-refractivity contribution in [1.29, 1.82) is 0 Å². The molecule has 2 saturated carbocycles. The van der Waals surface area contributed by atoms with Crippen molar-refractivity contribution in [2.75, 3.05) is 13.7 Å². The molecule has 5 atom stereocenters. The van der Waals surface area contributed by atoms with Crippen LogP contribution >= 0.6 is 0 Å². The van der Waals surface area contributed by atoms with Crippen LogP contribution in [-0.2, 0) is 31.5 Å². The number of halogens is 1. The minimum Gasteiger partial charge on any atom is -0.497 e. The van der Waals surface area contributed by atoms with E-state index < -0.39 is 73.9 Å². The number of hydrogen-bond acceptors (Lipinski definition) is 10. The average Bonchev–Trinajstić information content (AvgIpc) is 3.99. The zero-order chi connectivity index (χ0) is 41.0. The number of nitrogens with one attached hydrogen (secondary N) is 3. The van der Waals surface area contributed by atoms with Crippen molar-refractivity contribution < 1.29 is 41.5 Å². The summed E-state index contributed by atoms with van der Waals surface area (Å²) in [4.78, 5) is 62.7. The molecular weight excluding hydrogens is 770 g/mol. The zero-order valence-corrected chi connectivity index (χ0v) is 33.3. The SMILES string of the molecule is COc1ccc2c(c1)nc(O[C@@H]1C[C@H]3C(=O)N[C@]4(C(=O)NS(=O)(=O)C5(C)CC5)C[C@H]4/C=C\CCCCC[C@H](NC(=O)c4ccn(C)n4)C(=O)N3C1)c1ccc(F)cc12. The van der Waals surface area contributed by atoms with Gasteiger partial charge in [-0.1, -0.05) is 25.0 Å². The maximum Gasteiger partial charge on any atom is 0.272 e. The molecule has 8 rings (SSSR count). The number of carbonyl (C=O) groups excluding carboxylic acids is 4. The molecule has 17 heteroatoms. The lowest BCUT2D eigenvalue weighted by atomic mass is 10.0. The van der Waals surface area contributed by atoms with Gasteiger partial charge in [-0.25, -0.2) is 17.8 Å². The molecule has 2 aromatic carbocycles. The minimum atomic E-state index is -4.03. The number of rotatable bonds is 8. The number of pyridine rings is 1. The summed E-state index contributed by atoms with van der Waals surface area (Å²) in [6.45, 7) is 1.48. The highest BCUT2D eigenvalue weighted by atomic mass is 32.2. The molecule has 4 aromatic rings. The Morgan fingerprint density at radius 3 is 2.57 bits per heavy atom. The molecule has 0 unspecified atom stereocenters. The van der Waals surface area contributed by atoms with Crippen LogP contribution in [0.2, 0.25) is 0 Å². The number of benzene rings is 2. The van der Waals surface area contributed by atoms with Crippen molar-refractivity contribution in [2.45, 2.75) is 93.2 Å². The van der Waals surface area contributed by atoms with E-state index in [-0.39, 0.29) is 37.4 Å². The first-order chi connectivity index (χ1) is 27.7. The summed E-state index contributed by atoms with van der Waals surface area (Å²) in [5.74, 6) is -2.83. The third-order valence-corrected chi connectivity index (χ3v) is 14.1. The van der Waals surface area contributed by atoms with Crippen LogP contribution in [0.15, 0.2) is 60.8 Å². The second-order valence-electron chi connectivity index (χ2n) is 16.1. The molecule has 0 bridgehead atoms. The Morgan fingerprint density at radius 1 is 1.03 bits per heavy atom. The molecule has 4 heterocycles. The van der Waals surface area contributed by atoms with E-state index in [0.29, 0.717) is 53.1 Å². The second-order valence-corrected chi connectivity index (χ2v) is 18.3. The highest BCUT2D eigenvalue weighted by Gasteiger charge is 2.63. The zero-order valence-electron chi connectivity index (χ0n) is 32.5. The summed E-state index contributed by atoms with van der Waals surface area (Å²) in [5.41, 5.74) is -0.966. The van der Waals surface area contributed by atoms with Crippen LogP contribution in [0.1, 0.15) is 75.2 Å². The van der Waals surface area contributed by atoms with Crippen LogP contribution in [0.25, 0.3) is 21.7 Å². The standard InChI is InChI=1S/C41H46FN7O8S/c1-40(16-17-40)58(54,55)47-39(53)41-22-24(41)9-7-5-4-6-8-10-32(43-35(50)31-15-18-48(2)46-31)38(52)49-23-27(21-34(49)36(51)45-41)57-37-29-13-11-25(42)19-30(29)28-14-12-26(56-3)20-33(28)44-37/h7,9,11-15,18-20,24,27,32,34H,4-6,8,10,16-17,21-23H2,1-3H3,(H,43,50)(H,45,51)(H,47,53)/b9-7-/t24-,27-,32+,34+,41-/m1/s1. The molecule has 3 N–H and O–H groups in total. The van der Waals surface area contributed by atoms with Gasteiger partial charge in [0.2, 0.25) is 27.7 Å². The number of amides is 4. The van der Waals surface area contributed by atoms with Gasteiger partial charge < -0.3 is 25.0 Å². The van der Waals surface area contributed by atoms with Gasteiger partial charge in [-0.15, -0.1) is 0 Å². The van der Waals surface area contributed by atoms with E-state index in [4.69, 9.17) is 14.5 Å². The van der Waals surface area contributed by atoms with Crippen LogP contribution < -0.4 is 24.8 Å². The van der Waals surface area contributed by atoms with Crippen LogP contribution in [0, 0.1) is 11.7 Å². The number of methoxy groups -OCH3 is 1. The van der Waals surface area contributed by atoms with Crippen LogP contribution in [0.4, 0.5) is 4.39 Å². The lowest BCUT2D eigenvalue weighted by Crippen LogP contribution is -2.58. The van der Waals surface area contributed by atoms with Gasteiger partial charge in [0.1, 0.15) is 41.0 Å². The maximum absolute atomic E-state index is 14.7. The summed E-state index contributed by atoms with van der Waals surface area (Å²) in [5, 5.41) is 11.6. The van der Waals surface area contributed by atoms with E-state index in [0.717, 1.165) is 12.8 Å². The van der Waals surface area contributed by atoms with Crippen LogP contribution in [-0.4, -0.2) is 93.8 Å². The van der Waals surface area contributed by atoms with Gasteiger partial charge in [-0.05, 0) is 87.2 Å². The lowest BCUT2D eigenvalue weighted by Gasteiger charge is -2.30. The molecule has 0 radical (unpaired) electrons. The third kappa shape index (κ3) is 7.47. The molecule has 306 valence electrons. The molecule has 15 nitrogen and oxygen atoms in total. The van der Waals surface area contributed by atoms with E-state index in [9.17, 15) is 32.0 Å². The van der Waals surface area contributed by atoms with Crippen molar-refractivity contribution in [2.24, 2.45) is 13.0 Å². The van der Waals surface area contributed by atoms with Crippen LogP contribution in [0.3, 0.4) is 0 Å². The average molecular weight is 816 g/mol. The molecule has 3 fully saturated rings. The highest BCUT2D eigenvalue weighted by molar-refractivity contribution is 7.91. The lowest BCUT2D eigenvalue weighted by molar-refractivity contribution is -0.141. The maximum atomic E-state index is 14.7. The molecule has 4 aliphatic rings. The largest absolute Gasteiger partial charge is 0.497 e. The number of fused-ring (bicyclic) bond motifs is 5. The minimum absolute atomic E-state index is 0.0342. The molecular formula is C41H46FN7O8S. The molecule has 2 aliphatic carbocycles. The van der Waals surface area contributed by atoms with Crippen LogP contribution in [0.5, 0.6) is 11.6 Å². The van der Waals surface area contributed by atoms with Gasteiger partial charge >= 0.3 is 0 Å². The summed E-state index contributed by atoms with van der Waals surface area (Å²) in [6.07, 6.45) is 8.60. The normalized spacial score (nSPS) is 26.4. The summed E-state index contributed by atoms with van der Waals surface area (Å²) in [6, 6.07) is 8.80. The van der Waals surface area contributed by atoms with E-state index in [1.807, 2.05) is 12.2 Å². The first-order valence-electron chi connectivity index (χ1n) is 19.6. The predicted octanol–water partition coefficient (Wildman–Crippen LogP) is 3.81. The summed E-state index contributed by atoms with van der Waals surface area (Å²) in [7, 11) is -0.830. The predicted molar refractivity (Wildman–Crippen MR) is 211 cm³/mol. The molecule has 4 amide bonds. The van der Waals surface area contributed by atoms with E-state index in [2.05, 4.69) is 20.5 Å². The highest BCUT2D eigenvalue weighted by Crippen LogP contribution is 2.47. The van der Waals surface area contributed by atoms with E-state index in [1.165, 1.54) is 34.9 Å². The van der Waals surface area contributed by atoms with Gasteiger partial charge in [0, 0.05) is 42.4 Å². The molecule has 1 saturated heterocycles. The number of hydrogen-bond donors (Lipinski definition) is 3. The van der Waals surface area contributed by atoms with Gasteiger partial charge in [0.25, 0.3) is 11.8 Å². The van der Waals surface area contributed by atoms with Crippen molar-refractivity contribution in [1.82, 2.24) is 35.0 Å². The summed E-state index contributed by atoms with van der Waals surface area (Å²) < 4.78 is 55.7. The second kappa shape index (κ2) is 15.0. The Labute approximate surface area is 334 Å². The van der Waals surface area contributed by atoms with Gasteiger partial charge in [0.05, 0.1) is 23.9 Å². The fraction of sp³-hybridized carbons (Fsp3) is 0.463. The quantitative estimate of drug-likeness (QED) is 0.174. The number of nitrogens with zero attached hydrogens (tertiary/aromatic N) is 4. The topological polar surface area (TPSA) is 191 Å². The number of aromatic nitrogens is 3. The monoisotopic (exact) mass is 815 g/mol. The molecule has 58 heavy (non-hydrogen) atoms. The Hall–Kier alpha value is -5.58. The first kappa shape index (κ1) is 39.3. The Bertz CT molecular complexity index is 2470. The number of ether oxygens (including phenoxy) is 2. The Balaban J connectivity index is 1.14.